The third-order valence-electron chi connectivity index (χ3n) is 6.08. The minimum absolute atomic E-state index is 0.229. The third kappa shape index (κ3) is 4.04. The maximum atomic E-state index is 15.2. The summed E-state index contributed by atoms with van der Waals surface area (Å²) >= 11 is 0. The Morgan fingerprint density at radius 1 is 1.22 bits per heavy atom. The minimum atomic E-state index is -0.998. The number of pyridine rings is 1. The van der Waals surface area contributed by atoms with Gasteiger partial charge in [-0.05, 0) is 30.0 Å². The molecule has 1 aliphatic rings. The van der Waals surface area contributed by atoms with Crippen molar-refractivity contribution in [3.63, 3.8) is 0 Å². The molecule has 0 N–H and O–H groups in total. The molecule has 1 fully saturated rings. The van der Waals surface area contributed by atoms with Crippen LogP contribution in [0.3, 0.4) is 0 Å². The molecule has 4 heteroatoms. The molecule has 0 aliphatic carbocycles. The zero-order chi connectivity index (χ0) is 19.5. The van der Waals surface area contributed by atoms with Gasteiger partial charge in [0.05, 0.1) is 11.8 Å². The molecular formula is C23H28FN3. The van der Waals surface area contributed by atoms with Gasteiger partial charge in [0, 0.05) is 36.7 Å². The summed E-state index contributed by atoms with van der Waals surface area (Å²) in [4.78, 5) is 6.71. The molecule has 0 saturated carbocycles. The average molecular weight is 365 g/mol. The van der Waals surface area contributed by atoms with Crippen molar-refractivity contribution in [3.05, 3.63) is 54.2 Å². The van der Waals surface area contributed by atoms with Crippen LogP contribution in [-0.4, -0.2) is 29.1 Å². The molecule has 3 rings (SSSR count). The molecule has 0 bridgehead atoms. The van der Waals surface area contributed by atoms with E-state index in [1.807, 2.05) is 42.6 Å². The van der Waals surface area contributed by atoms with Gasteiger partial charge in [-0.1, -0.05) is 57.2 Å². The summed E-state index contributed by atoms with van der Waals surface area (Å²) < 4.78 is 15.2. The second-order valence-electron chi connectivity index (χ2n) is 8.61. The van der Waals surface area contributed by atoms with Gasteiger partial charge < -0.3 is 0 Å². The minimum Gasteiger partial charge on any atom is -0.296 e. The number of halogens is 1. The van der Waals surface area contributed by atoms with E-state index in [2.05, 4.69) is 42.8 Å². The number of benzene rings is 1. The smallest absolute Gasteiger partial charge is 0.120 e. The number of alkyl halides is 1. The van der Waals surface area contributed by atoms with Crippen molar-refractivity contribution >= 4 is 0 Å². The van der Waals surface area contributed by atoms with E-state index in [0.717, 1.165) is 23.4 Å². The Morgan fingerprint density at radius 2 is 1.96 bits per heavy atom. The number of piperidine rings is 1. The van der Waals surface area contributed by atoms with Crippen LogP contribution >= 0.6 is 0 Å². The Morgan fingerprint density at radius 3 is 2.52 bits per heavy atom. The number of likely N-dealkylation sites (tertiary alicyclic amines) is 1. The lowest BCUT2D eigenvalue weighted by molar-refractivity contribution is -0.0660. The highest BCUT2D eigenvalue weighted by atomic mass is 19.1. The zero-order valence-electron chi connectivity index (χ0n) is 16.5. The van der Waals surface area contributed by atoms with Crippen molar-refractivity contribution in [2.45, 2.75) is 46.3 Å². The lowest BCUT2D eigenvalue weighted by atomic mass is 9.59. The van der Waals surface area contributed by atoms with E-state index < -0.39 is 11.6 Å². The van der Waals surface area contributed by atoms with E-state index in [0.29, 0.717) is 19.5 Å². The highest BCUT2D eigenvalue weighted by Gasteiger charge is 2.51. The van der Waals surface area contributed by atoms with E-state index in [-0.39, 0.29) is 11.8 Å². The molecule has 2 unspecified atom stereocenters. The second-order valence-corrected chi connectivity index (χ2v) is 8.61. The normalized spacial score (nSPS) is 23.7. The summed E-state index contributed by atoms with van der Waals surface area (Å²) in [6.45, 7) is 8.03. The van der Waals surface area contributed by atoms with Crippen LogP contribution in [0.2, 0.25) is 0 Å². The van der Waals surface area contributed by atoms with Gasteiger partial charge in [0.25, 0.3) is 0 Å². The van der Waals surface area contributed by atoms with Crippen molar-refractivity contribution in [3.8, 4) is 17.3 Å². The summed E-state index contributed by atoms with van der Waals surface area (Å²) in [5.74, 6) is 0. The number of rotatable bonds is 4. The molecule has 2 atom stereocenters. The number of hydrogen-bond donors (Lipinski definition) is 0. The first-order valence-electron chi connectivity index (χ1n) is 9.59. The molecule has 0 radical (unpaired) electrons. The van der Waals surface area contributed by atoms with E-state index in [4.69, 9.17) is 0 Å². The summed E-state index contributed by atoms with van der Waals surface area (Å²) in [6.07, 6.45) is 1.87. The molecular weight excluding hydrogens is 337 g/mol. The van der Waals surface area contributed by atoms with Gasteiger partial charge in [-0.25, -0.2) is 4.39 Å². The van der Waals surface area contributed by atoms with Gasteiger partial charge >= 0.3 is 0 Å². The fourth-order valence-corrected chi connectivity index (χ4v) is 4.16. The standard InChI is InChI=1S/C23H28FN3/c1-22(2,3)23(11-13-25)12-14-27(17-21(23)24)16-18-9-10-20(26-15-18)19-7-5-4-6-8-19/h4-10,15,21H,11-12,14,16-17H2,1-3H3. The quantitative estimate of drug-likeness (QED) is 0.744. The number of hydrogen-bond acceptors (Lipinski definition) is 3. The third-order valence-corrected chi connectivity index (χ3v) is 6.08. The van der Waals surface area contributed by atoms with E-state index in [1.54, 1.807) is 0 Å². The van der Waals surface area contributed by atoms with Gasteiger partial charge in [-0.15, -0.1) is 0 Å². The average Bonchev–Trinajstić information content (AvgIpc) is 2.64. The van der Waals surface area contributed by atoms with Crippen LogP contribution < -0.4 is 0 Å². The summed E-state index contributed by atoms with van der Waals surface area (Å²) in [6, 6.07) is 16.4. The Balaban J connectivity index is 1.67. The second kappa shape index (κ2) is 7.78. The summed E-state index contributed by atoms with van der Waals surface area (Å²) in [5.41, 5.74) is 2.34. The number of nitrogens with zero attached hydrogens (tertiary/aromatic N) is 3. The van der Waals surface area contributed by atoms with E-state index in [9.17, 15) is 5.26 Å². The van der Waals surface area contributed by atoms with Crippen LogP contribution in [0, 0.1) is 22.2 Å². The molecule has 1 saturated heterocycles. The highest BCUT2D eigenvalue weighted by molar-refractivity contribution is 5.58. The Bertz CT molecular complexity index is 789. The van der Waals surface area contributed by atoms with Crippen molar-refractivity contribution in [1.29, 1.82) is 5.26 Å². The summed E-state index contributed by atoms with van der Waals surface area (Å²) in [7, 11) is 0. The lowest BCUT2D eigenvalue weighted by Gasteiger charge is -2.51. The first-order chi connectivity index (χ1) is 12.9. The molecule has 142 valence electrons. The van der Waals surface area contributed by atoms with Crippen LogP contribution in [-0.2, 0) is 6.54 Å². The number of nitriles is 1. The molecule has 3 nitrogen and oxygen atoms in total. The molecule has 2 aromatic rings. The number of aromatic nitrogens is 1. The molecule has 0 amide bonds. The molecule has 1 aliphatic heterocycles. The van der Waals surface area contributed by atoms with Crippen LogP contribution in [0.15, 0.2) is 48.7 Å². The SMILES string of the molecule is CC(C)(C)C1(CC#N)CCN(Cc2ccc(-c3ccccc3)nc2)CC1F. The predicted octanol–water partition coefficient (Wildman–Crippen LogP) is 5.24. The van der Waals surface area contributed by atoms with Crippen molar-refractivity contribution in [1.82, 2.24) is 9.88 Å². The molecule has 1 aromatic heterocycles. The van der Waals surface area contributed by atoms with Gasteiger partial charge in [-0.2, -0.15) is 5.26 Å². The summed E-state index contributed by atoms with van der Waals surface area (Å²) in [5, 5.41) is 9.25. The van der Waals surface area contributed by atoms with Crippen molar-refractivity contribution in [2.75, 3.05) is 13.1 Å². The van der Waals surface area contributed by atoms with Gasteiger partial charge in [0.1, 0.15) is 6.17 Å². The molecule has 27 heavy (non-hydrogen) atoms. The molecule has 1 aromatic carbocycles. The maximum absolute atomic E-state index is 15.2. The fraction of sp³-hybridized carbons (Fsp3) is 0.478. The lowest BCUT2D eigenvalue weighted by Crippen LogP contribution is -2.54. The van der Waals surface area contributed by atoms with Gasteiger partial charge in [0.2, 0.25) is 0 Å². The Labute approximate surface area is 161 Å². The Kier molecular flexibility index (Phi) is 5.62. The van der Waals surface area contributed by atoms with Crippen LogP contribution in [0.25, 0.3) is 11.3 Å². The fourth-order valence-electron chi connectivity index (χ4n) is 4.16. The van der Waals surface area contributed by atoms with Gasteiger partial charge in [0.15, 0.2) is 0 Å². The maximum Gasteiger partial charge on any atom is 0.120 e. The monoisotopic (exact) mass is 365 g/mol. The topological polar surface area (TPSA) is 39.9 Å². The predicted molar refractivity (Wildman–Crippen MR) is 107 cm³/mol. The molecule has 0 spiro atoms. The largest absolute Gasteiger partial charge is 0.296 e. The van der Waals surface area contributed by atoms with Crippen LogP contribution in [0.4, 0.5) is 4.39 Å². The first-order valence-corrected chi connectivity index (χ1v) is 9.59. The van der Waals surface area contributed by atoms with Crippen LogP contribution in [0.1, 0.15) is 39.2 Å². The Hall–Kier alpha value is -2.25. The highest BCUT2D eigenvalue weighted by Crippen LogP contribution is 2.50. The van der Waals surface area contributed by atoms with E-state index in [1.165, 1.54) is 0 Å². The molecule has 2 heterocycles. The van der Waals surface area contributed by atoms with Crippen molar-refractivity contribution < 1.29 is 4.39 Å². The zero-order valence-corrected chi connectivity index (χ0v) is 16.5. The van der Waals surface area contributed by atoms with E-state index >= 15 is 4.39 Å². The van der Waals surface area contributed by atoms with Gasteiger partial charge in [-0.3, -0.25) is 9.88 Å². The van der Waals surface area contributed by atoms with Crippen LogP contribution in [0.5, 0.6) is 0 Å². The first kappa shape index (κ1) is 19.5. The van der Waals surface area contributed by atoms with Crippen molar-refractivity contribution in [2.24, 2.45) is 10.8 Å².